The number of nitrogens with zero attached hydrogens (tertiary/aromatic N) is 2. The van der Waals surface area contributed by atoms with Crippen molar-refractivity contribution in [1.82, 2.24) is 9.88 Å². The van der Waals surface area contributed by atoms with Crippen molar-refractivity contribution in [2.24, 2.45) is 0 Å². The van der Waals surface area contributed by atoms with Gasteiger partial charge in [0, 0.05) is 23.4 Å². The lowest BCUT2D eigenvalue weighted by Crippen LogP contribution is -2.50. The van der Waals surface area contributed by atoms with E-state index in [-0.39, 0.29) is 11.8 Å². The molecule has 2 aliphatic rings. The Morgan fingerprint density at radius 3 is 2.41 bits per heavy atom. The second kappa shape index (κ2) is 7.29. The van der Waals surface area contributed by atoms with E-state index >= 15 is 0 Å². The first-order valence-corrected chi connectivity index (χ1v) is 11.5. The van der Waals surface area contributed by atoms with Gasteiger partial charge in [0.15, 0.2) is 5.54 Å². The molecule has 6 heteroatoms. The number of nitrogens with one attached hydrogen (secondary N) is 1. The van der Waals surface area contributed by atoms with Crippen molar-refractivity contribution in [2.45, 2.75) is 31.7 Å². The van der Waals surface area contributed by atoms with Crippen molar-refractivity contribution in [2.75, 3.05) is 11.4 Å². The number of aryl methyl sites for hydroxylation is 1. The molecule has 1 N–H and O–H groups in total. The van der Waals surface area contributed by atoms with Gasteiger partial charge >= 0.3 is 6.03 Å². The molecule has 0 unspecified atom stereocenters. The molecule has 3 heterocycles. The highest BCUT2D eigenvalue weighted by Crippen LogP contribution is 2.50. The molecule has 5 nitrogen and oxygen atoms in total. The van der Waals surface area contributed by atoms with E-state index in [1.807, 2.05) is 18.2 Å². The summed E-state index contributed by atoms with van der Waals surface area (Å²) in [6.07, 6.45) is 0.951. The molecule has 2 atom stereocenters. The second-order valence-electron chi connectivity index (χ2n) is 9.19. The average molecular weight is 454 g/mol. The number of amides is 3. The molecule has 0 radical (unpaired) electrons. The smallest absolute Gasteiger partial charge is 0.332 e. The number of para-hydroxylation sites is 1. The molecule has 1 saturated heterocycles. The number of carbonyl (C=O) groups excluding carboxylic acids is 2. The van der Waals surface area contributed by atoms with E-state index in [0.717, 1.165) is 34.1 Å². The van der Waals surface area contributed by atoms with Crippen LogP contribution in [0.3, 0.4) is 0 Å². The Bertz CT molecular complexity index is 1440. The highest BCUT2D eigenvalue weighted by atomic mass is 19.1. The fourth-order valence-corrected chi connectivity index (χ4v) is 5.49. The lowest BCUT2D eigenvalue weighted by atomic mass is 9.78. The molecule has 0 bridgehead atoms. The molecule has 4 aromatic rings. The van der Waals surface area contributed by atoms with Gasteiger partial charge in [-0.3, -0.25) is 4.79 Å². The summed E-state index contributed by atoms with van der Waals surface area (Å²) in [4.78, 5) is 33.9. The molecule has 2 aliphatic heterocycles. The monoisotopic (exact) mass is 453 g/mol. The minimum absolute atomic E-state index is 0.0879. The number of rotatable bonds is 3. The molecule has 0 saturated carbocycles. The van der Waals surface area contributed by atoms with Crippen molar-refractivity contribution in [3.63, 3.8) is 0 Å². The summed E-state index contributed by atoms with van der Waals surface area (Å²) >= 11 is 0. The normalized spacial score (nSPS) is 21.8. The molecule has 0 aliphatic carbocycles. The molecular weight excluding hydrogens is 429 g/mol. The number of anilines is 1. The Balaban J connectivity index is 1.56. The van der Waals surface area contributed by atoms with Crippen LogP contribution in [0.4, 0.5) is 14.9 Å². The van der Waals surface area contributed by atoms with Crippen LogP contribution in [-0.2, 0) is 16.8 Å². The van der Waals surface area contributed by atoms with E-state index in [1.165, 1.54) is 34.7 Å². The largest absolute Gasteiger partial charge is 0.356 e. The molecular formula is C28H24FN3O2. The number of hydrogen-bond donors (Lipinski definition) is 1. The topological polar surface area (TPSA) is 56.4 Å². The van der Waals surface area contributed by atoms with Gasteiger partial charge in [-0.1, -0.05) is 49.4 Å². The summed E-state index contributed by atoms with van der Waals surface area (Å²) < 4.78 is 13.5. The van der Waals surface area contributed by atoms with Crippen LogP contribution in [-0.4, -0.2) is 28.4 Å². The number of imide groups is 1. The van der Waals surface area contributed by atoms with Crippen LogP contribution in [0.1, 0.15) is 42.1 Å². The number of carbonyl (C=O) groups is 2. The average Bonchev–Trinajstić information content (AvgIpc) is 3.34. The highest BCUT2D eigenvalue weighted by molar-refractivity contribution is 6.23. The van der Waals surface area contributed by atoms with E-state index in [1.54, 1.807) is 11.8 Å². The third-order valence-electron chi connectivity index (χ3n) is 7.40. The Hall–Kier alpha value is -3.93. The summed E-state index contributed by atoms with van der Waals surface area (Å²) in [5.41, 5.74) is 4.27. The van der Waals surface area contributed by atoms with Crippen LogP contribution in [0, 0.1) is 5.82 Å². The molecule has 1 fully saturated rings. The number of H-pyrrole nitrogens is 1. The summed E-state index contributed by atoms with van der Waals surface area (Å²) in [6.45, 7) is 4.30. The van der Waals surface area contributed by atoms with E-state index in [4.69, 9.17) is 0 Å². The number of benzene rings is 3. The second-order valence-corrected chi connectivity index (χ2v) is 9.19. The molecule has 0 spiro atoms. The first kappa shape index (κ1) is 20.7. The van der Waals surface area contributed by atoms with Gasteiger partial charge in [-0.2, -0.15) is 0 Å². The molecule has 3 aromatic carbocycles. The van der Waals surface area contributed by atoms with Gasteiger partial charge in [-0.15, -0.1) is 0 Å². The van der Waals surface area contributed by atoms with Gasteiger partial charge in [0.25, 0.3) is 5.91 Å². The Morgan fingerprint density at radius 2 is 1.71 bits per heavy atom. The summed E-state index contributed by atoms with van der Waals surface area (Å²) in [5.74, 6) is -0.841. The molecule has 6 rings (SSSR count). The standard InChI is InChI=1S/C28H24FN3O2/c1-3-17-8-10-18(11-9-17)22-16-31-27(34)32(20-14-12-19(29)13-15-20)26(33)28(31,2)25-24(22)21-6-4-5-7-23(21)30-25/h4-15,22,30H,3,16H2,1-2H3/t22-,28+/m1/s1. The van der Waals surface area contributed by atoms with Crippen molar-refractivity contribution < 1.29 is 14.0 Å². The maximum Gasteiger partial charge on any atom is 0.332 e. The SMILES string of the molecule is CCc1ccc([C@H]2CN3C(=O)N(c4ccc(F)cc4)C(=O)[C@]3(C)c3[nH]c4ccccc4c32)cc1. The van der Waals surface area contributed by atoms with Crippen molar-refractivity contribution in [3.8, 4) is 0 Å². The van der Waals surface area contributed by atoms with E-state index < -0.39 is 17.4 Å². The molecule has 170 valence electrons. The number of aromatic amines is 1. The van der Waals surface area contributed by atoms with E-state index in [9.17, 15) is 14.0 Å². The highest BCUT2D eigenvalue weighted by Gasteiger charge is 2.60. The van der Waals surface area contributed by atoms with Gasteiger partial charge in [-0.05, 0) is 60.4 Å². The van der Waals surface area contributed by atoms with Gasteiger partial charge in [0.05, 0.1) is 11.4 Å². The number of urea groups is 1. The Morgan fingerprint density at radius 1 is 1.00 bits per heavy atom. The fraction of sp³-hybridized carbons (Fsp3) is 0.214. The van der Waals surface area contributed by atoms with Gasteiger partial charge in [0.1, 0.15) is 5.82 Å². The molecule has 34 heavy (non-hydrogen) atoms. The number of hydrogen-bond acceptors (Lipinski definition) is 2. The third-order valence-corrected chi connectivity index (χ3v) is 7.40. The maximum absolute atomic E-state index is 13.9. The summed E-state index contributed by atoms with van der Waals surface area (Å²) in [7, 11) is 0. The first-order valence-electron chi connectivity index (χ1n) is 11.5. The van der Waals surface area contributed by atoms with Crippen molar-refractivity contribution in [1.29, 1.82) is 0 Å². The fourth-order valence-electron chi connectivity index (χ4n) is 5.49. The zero-order valence-electron chi connectivity index (χ0n) is 19.0. The number of halogens is 1. The third kappa shape index (κ3) is 2.71. The minimum Gasteiger partial charge on any atom is -0.356 e. The van der Waals surface area contributed by atoms with Crippen LogP contribution in [0.2, 0.25) is 0 Å². The lowest BCUT2D eigenvalue weighted by molar-refractivity contribution is -0.125. The molecule has 3 amide bonds. The van der Waals surface area contributed by atoms with Gasteiger partial charge in [-0.25, -0.2) is 14.1 Å². The van der Waals surface area contributed by atoms with E-state index in [0.29, 0.717) is 12.2 Å². The van der Waals surface area contributed by atoms with Gasteiger partial charge < -0.3 is 9.88 Å². The van der Waals surface area contributed by atoms with Crippen LogP contribution < -0.4 is 4.90 Å². The van der Waals surface area contributed by atoms with Crippen LogP contribution in [0.25, 0.3) is 10.9 Å². The Labute approximate surface area is 196 Å². The zero-order valence-corrected chi connectivity index (χ0v) is 19.0. The van der Waals surface area contributed by atoms with Crippen LogP contribution >= 0.6 is 0 Å². The predicted octanol–water partition coefficient (Wildman–Crippen LogP) is 5.70. The van der Waals surface area contributed by atoms with E-state index in [2.05, 4.69) is 42.2 Å². The Kier molecular flexibility index (Phi) is 4.43. The predicted molar refractivity (Wildman–Crippen MR) is 129 cm³/mol. The molecule has 1 aromatic heterocycles. The van der Waals surface area contributed by atoms with Crippen molar-refractivity contribution in [3.05, 3.63) is 101 Å². The maximum atomic E-state index is 13.9. The zero-order chi connectivity index (χ0) is 23.6. The van der Waals surface area contributed by atoms with Gasteiger partial charge in [0.2, 0.25) is 0 Å². The number of aromatic nitrogens is 1. The lowest BCUT2D eigenvalue weighted by Gasteiger charge is -2.40. The first-order chi connectivity index (χ1) is 16.4. The summed E-state index contributed by atoms with van der Waals surface area (Å²) in [6, 6.07) is 21.6. The number of fused-ring (bicyclic) bond motifs is 5. The quantitative estimate of drug-likeness (QED) is 0.405. The van der Waals surface area contributed by atoms with Crippen molar-refractivity contribution >= 4 is 28.5 Å². The van der Waals surface area contributed by atoms with Crippen LogP contribution in [0.5, 0.6) is 0 Å². The minimum atomic E-state index is -1.18. The summed E-state index contributed by atoms with van der Waals surface area (Å²) in [5, 5.41) is 1.06. The van der Waals surface area contributed by atoms with Crippen LogP contribution in [0.15, 0.2) is 72.8 Å².